The van der Waals surface area contributed by atoms with Gasteiger partial charge < -0.3 is 10.6 Å². The van der Waals surface area contributed by atoms with Gasteiger partial charge in [0.1, 0.15) is 6.04 Å². The fraction of sp³-hybridized carbons (Fsp3) is 0.433. The predicted octanol–water partition coefficient (Wildman–Crippen LogP) is 4.09. The molecular weight excluding hydrogens is 544 g/mol. The number of benzene rings is 2. The van der Waals surface area contributed by atoms with Crippen LogP contribution in [0, 0.1) is 11.8 Å². The molecule has 0 aromatic heterocycles. The molecular formula is C30H38N4O6S. The molecule has 6 amide bonds. The van der Waals surface area contributed by atoms with Crippen molar-refractivity contribution in [3.05, 3.63) is 71.3 Å². The van der Waals surface area contributed by atoms with Crippen LogP contribution in [0.2, 0.25) is 0 Å². The van der Waals surface area contributed by atoms with Gasteiger partial charge in [0.05, 0.1) is 17.0 Å². The number of hydrogen-bond donors (Lipinski definition) is 3. The standard InChI is InChI=1S/C30H38N4O6S/c1-19(2)15-16-21(17-33-27(37)22-13-9-10-14-23(22)28(33)38)26(36)34(40)29(39)32-24(25(35)31-5)30(3,4)41-18-20-11-7-6-8-12-20/h6-14,19,21,24,40H,15-18H2,1-5H3,(H,31,35)(H,32,39)/t21-,24-/m0/s1. The first-order valence-corrected chi connectivity index (χ1v) is 14.5. The summed E-state index contributed by atoms with van der Waals surface area (Å²) in [5.74, 6) is -2.80. The van der Waals surface area contributed by atoms with Crippen molar-refractivity contribution in [2.45, 2.75) is 57.1 Å². The van der Waals surface area contributed by atoms with Crippen LogP contribution >= 0.6 is 11.8 Å². The molecule has 2 aromatic carbocycles. The summed E-state index contributed by atoms with van der Waals surface area (Å²) in [5.41, 5.74) is 1.53. The highest BCUT2D eigenvalue weighted by molar-refractivity contribution is 7.99. The Labute approximate surface area is 244 Å². The van der Waals surface area contributed by atoms with Gasteiger partial charge in [-0.25, -0.2) is 4.79 Å². The summed E-state index contributed by atoms with van der Waals surface area (Å²) >= 11 is 1.44. The van der Waals surface area contributed by atoms with Gasteiger partial charge in [-0.2, -0.15) is 0 Å². The predicted molar refractivity (Wildman–Crippen MR) is 156 cm³/mol. The van der Waals surface area contributed by atoms with E-state index in [0.29, 0.717) is 12.2 Å². The zero-order valence-electron chi connectivity index (χ0n) is 24.0. The van der Waals surface area contributed by atoms with Crippen molar-refractivity contribution < 1.29 is 29.2 Å². The Morgan fingerprint density at radius 2 is 1.51 bits per heavy atom. The molecule has 0 aliphatic carbocycles. The molecule has 3 rings (SSSR count). The molecule has 11 heteroatoms. The maximum atomic E-state index is 13.4. The van der Waals surface area contributed by atoms with E-state index in [1.54, 1.807) is 38.1 Å². The molecule has 0 bridgehead atoms. The molecule has 10 nitrogen and oxygen atoms in total. The lowest BCUT2D eigenvalue weighted by Gasteiger charge is -2.34. The van der Waals surface area contributed by atoms with E-state index < -0.39 is 46.4 Å². The maximum Gasteiger partial charge on any atom is 0.349 e. The van der Waals surface area contributed by atoms with Crippen molar-refractivity contribution in [2.24, 2.45) is 11.8 Å². The molecule has 0 radical (unpaired) electrons. The molecule has 2 atom stereocenters. The smallest absolute Gasteiger partial charge is 0.349 e. The van der Waals surface area contributed by atoms with E-state index >= 15 is 0 Å². The lowest BCUT2D eigenvalue weighted by molar-refractivity contribution is -0.158. The molecule has 0 fully saturated rings. The minimum Gasteiger partial charge on any atom is -0.357 e. The third-order valence-corrected chi connectivity index (χ3v) is 8.51. The topological polar surface area (TPSA) is 136 Å². The zero-order valence-corrected chi connectivity index (χ0v) is 24.9. The number of imide groups is 2. The molecule has 1 aliphatic rings. The molecule has 0 saturated heterocycles. The van der Waals surface area contributed by atoms with Crippen molar-refractivity contribution in [3.63, 3.8) is 0 Å². The van der Waals surface area contributed by atoms with E-state index in [9.17, 15) is 29.2 Å². The lowest BCUT2D eigenvalue weighted by Crippen LogP contribution is -2.59. The number of urea groups is 1. The minimum atomic E-state index is -1.17. The molecule has 2 aromatic rings. The third kappa shape index (κ3) is 7.74. The van der Waals surface area contributed by atoms with Crippen LogP contribution in [0.5, 0.6) is 0 Å². The first-order chi connectivity index (χ1) is 19.4. The molecule has 220 valence electrons. The summed E-state index contributed by atoms with van der Waals surface area (Å²) in [7, 11) is 1.44. The Balaban J connectivity index is 1.75. The van der Waals surface area contributed by atoms with Gasteiger partial charge in [0.25, 0.3) is 17.7 Å². The first-order valence-electron chi connectivity index (χ1n) is 13.5. The van der Waals surface area contributed by atoms with Crippen LogP contribution in [0.1, 0.15) is 66.8 Å². The number of hydrogen-bond acceptors (Lipinski definition) is 7. The number of nitrogens with zero attached hydrogens (tertiary/aromatic N) is 2. The van der Waals surface area contributed by atoms with Crippen molar-refractivity contribution >= 4 is 41.4 Å². The molecule has 1 heterocycles. The number of thioether (sulfide) groups is 1. The van der Waals surface area contributed by atoms with Crippen molar-refractivity contribution in [1.29, 1.82) is 0 Å². The highest BCUT2D eigenvalue weighted by Gasteiger charge is 2.41. The number of amides is 6. The fourth-order valence-electron chi connectivity index (χ4n) is 4.54. The number of hydroxylamine groups is 2. The fourth-order valence-corrected chi connectivity index (χ4v) is 5.60. The van der Waals surface area contributed by atoms with Crippen molar-refractivity contribution in [1.82, 2.24) is 20.6 Å². The van der Waals surface area contributed by atoms with E-state index in [1.165, 1.54) is 18.8 Å². The number of nitrogens with one attached hydrogen (secondary N) is 2. The summed E-state index contributed by atoms with van der Waals surface area (Å²) in [6, 6.07) is 13.8. The quantitative estimate of drug-likeness (QED) is 0.195. The summed E-state index contributed by atoms with van der Waals surface area (Å²) in [6.45, 7) is 7.20. The monoisotopic (exact) mass is 582 g/mol. The van der Waals surface area contributed by atoms with Gasteiger partial charge in [0, 0.05) is 24.1 Å². The Morgan fingerprint density at radius 3 is 2.05 bits per heavy atom. The van der Waals surface area contributed by atoms with Gasteiger partial charge in [0.2, 0.25) is 5.91 Å². The van der Waals surface area contributed by atoms with Crippen LogP contribution in [0.25, 0.3) is 0 Å². The largest absolute Gasteiger partial charge is 0.357 e. The van der Waals surface area contributed by atoms with Crippen LogP contribution in [-0.4, -0.2) is 69.2 Å². The van der Waals surface area contributed by atoms with Gasteiger partial charge in [-0.15, -0.1) is 16.8 Å². The normalized spacial score (nSPS) is 14.5. The van der Waals surface area contributed by atoms with Gasteiger partial charge in [-0.1, -0.05) is 62.7 Å². The van der Waals surface area contributed by atoms with E-state index in [-0.39, 0.29) is 35.1 Å². The summed E-state index contributed by atoms with van der Waals surface area (Å²) in [6.07, 6.45) is 0.782. The Kier molecular flexibility index (Phi) is 10.7. The van der Waals surface area contributed by atoms with E-state index in [2.05, 4.69) is 10.6 Å². The number of carbonyl (C=O) groups excluding carboxylic acids is 5. The van der Waals surface area contributed by atoms with Crippen LogP contribution in [-0.2, 0) is 15.3 Å². The first kappa shape index (κ1) is 31.8. The number of likely N-dealkylation sites (N-methyl/N-ethyl adjacent to an activating group) is 1. The van der Waals surface area contributed by atoms with E-state index in [4.69, 9.17) is 0 Å². The van der Waals surface area contributed by atoms with Gasteiger partial charge in [0.15, 0.2) is 0 Å². The van der Waals surface area contributed by atoms with Gasteiger partial charge in [-0.05, 0) is 43.9 Å². The average Bonchev–Trinajstić information content (AvgIpc) is 3.20. The second kappa shape index (κ2) is 13.8. The lowest BCUT2D eigenvalue weighted by atomic mass is 9.96. The molecule has 0 spiro atoms. The molecule has 41 heavy (non-hydrogen) atoms. The van der Waals surface area contributed by atoms with Crippen molar-refractivity contribution in [2.75, 3.05) is 13.6 Å². The summed E-state index contributed by atoms with van der Waals surface area (Å²) in [4.78, 5) is 66.2. The molecule has 0 saturated carbocycles. The van der Waals surface area contributed by atoms with Crippen LogP contribution in [0.3, 0.4) is 0 Å². The van der Waals surface area contributed by atoms with Crippen molar-refractivity contribution in [3.8, 4) is 0 Å². The van der Waals surface area contributed by atoms with Gasteiger partial charge in [-0.3, -0.25) is 29.3 Å². The van der Waals surface area contributed by atoms with E-state index in [0.717, 1.165) is 10.5 Å². The minimum absolute atomic E-state index is 0.0446. The van der Waals surface area contributed by atoms with E-state index in [1.807, 2.05) is 44.2 Å². The number of rotatable bonds is 12. The molecule has 1 aliphatic heterocycles. The highest BCUT2D eigenvalue weighted by Crippen LogP contribution is 2.32. The second-order valence-electron chi connectivity index (χ2n) is 11.0. The summed E-state index contributed by atoms with van der Waals surface area (Å²) in [5, 5.41) is 15.7. The second-order valence-corrected chi connectivity index (χ2v) is 12.6. The molecule has 0 unspecified atom stereocenters. The Morgan fingerprint density at radius 1 is 0.951 bits per heavy atom. The van der Waals surface area contributed by atoms with Gasteiger partial charge >= 0.3 is 6.03 Å². The third-order valence-electron chi connectivity index (χ3n) is 7.05. The number of fused-ring (bicyclic) bond motifs is 1. The SMILES string of the molecule is CNC(=O)[C@H](NC(=O)N(O)C(=O)[C@@H](CCC(C)C)CN1C(=O)c2ccccc2C1=O)C(C)(C)SCc1ccccc1. The number of carbonyl (C=O) groups is 5. The Bertz CT molecular complexity index is 1250. The van der Waals surface area contributed by atoms with Crippen LogP contribution in [0.4, 0.5) is 4.79 Å². The zero-order chi connectivity index (χ0) is 30.3. The molecule has 3 N–H and O–H groups in total. The highest BCUT2D eigenvalue weighted by atomic mass is 32.2. The van der Waals surface area contributed by atoms with Crippen LogP contribution < -0.4 is 10.6 Å². The maximum absolute atomic E-state index is 13.4. The van der Waals surface area contributed by atoms with Crippen LogP contribution in [0.15, 0.2) is 54.6 Å². The average molecular weight is 583 g/mol. The summed E-state index contributed by atoms with van der Waals surface area (Å²) < 4.78 is -0.827. The Hall–Kier alpha value is -3.70.